The molecule has 2 aliphatic rings. The van der Waals surface area contributed by atoms with Crippen LogP contribution in [0, 0.1) is 0 Å². The molecule has 0 aromatic heterocycles. The molecule has 0 radical (unpaired) electrons. The van der Waals surface area contributed by atoms with Crippen LogP contribution in [-0.2, 0) is 0 Å². The number of rotatable bonds is 8. The van der Waals surface area contributed by atoms with Gasteiger partial charge in [-0.1, -0.05) is 112 Å². The van der Waals surface area contributed by atoms with E-state index in [4.69, 9.17) is 0 Å². The molecule has 2 heteroatoms. The predicted molar refractivity (Wildman–Crippen MR) is 135 cm³/mol. The summed E-state index contributed by atoms with van der Waals surface area (Å²) in [7, 11) is -3.10. The fourth-order valence-electron chi connectivity index (χ4n) is 8.29. The lowest BCUT2D eigenvalue weighted by atomic mass is 10.2. The molecule has 0 aromatic carbocycles. The Bertz CT molecular complexity index is 612. The maximum Gasteiger partial charge on any atom is 0.0946 e. The van der Waals surface area contributed by atoms with Gasteiger partial charge in [0, 0.05) is 0 Å². The number of allylic oxidation sites excluding steroid dienone is 6. The SMILES string of the molecule is CC(C)[Si](C1=CCC2=C1C=CC2[Si](C(C)C)(C(C)C)C(C)C)(C(C)C)C(C)C. The minimum Gasteiger partial charge on any atom is -0.0805 e. The van der Waals surface area contributed by atoms with E-state index in [0.29, 0.717) is 0 Å². The second-order valence-electron chi connectivity index (χ2n) is 11.5. The van der Waals surface area contributed by atoms with Crippen molar-refractivity contribution >= 4 is 16.1 Å². The van der Waals surface area contributed by atoms with Crippen molar-refractivity contribution in [2.75, 3.05) is 0 Å². The molecule has 0 saturated carbocycles. The number of hydrogen-bond acceptors (Lipinski definition) is 0. The van der Waals surface area contributed by atoms with Gasteiger partial charge in [0.2, 0.25) is 0 Å². The number of hydrogen-bond donors (Lipinski definition) is 0. The molecule has 0 aliphatic heterocycles. The van der Waals surface area contributed by atoms with E-state index in [1.54, 1.807) is 5.57 Å². The Morgan fingerprint density at radius 2 is 1.11 bits per heavy atom. The lowest BCUT2D eigenvalue weighted by molar-refractivity contribution is 0.779. The predicted octanol–water partition coefficient (Wildman–Crippen LogP) is 9.45. The van der Waals surface area contributed by atoms with Crippen molar-refractivity contribution in [3.8, 4) is 0 Å². The van der Waals surface area contributed by atoms with Gasteiger partial charge in [-0.2, -0.15) is 0 Å². The molecular weight excluding hydrogens is 368 g/mol. The largest absolute Gasteiger partial charge is 0.0946 e. The summed E-state index contributed by atoms with van der Waals surface area (Å²) < 4.78 is 0. The third-order valence-electron chi connectivity index (χ3n) is 8.86. The zero-order valence-electron chi connectivity index (χ0n) is 21.0. The van der Waals surface area contributed by atoms with Crippen molar-refractivity contribution in [2.45, 2.75) is 128 Å². The normalized spacial score (nSPS) is 20.8. The Labute approximate surface area is 179 Å². The van der Waals surface area contributed by atoms with Gasteiger partial charge in [0.15, 0.2) is 0 Å². The van der Waals surface area contributed by atoms with E-state index < -0.39 is 16.1 Å². The highest BCUT2D eigenvalue weighted by molar-refractivity contribution is 6.91. The van der Waals surface area contributed by atoms with Gasteiger partial charge in [-0.05, 0) is 50.8 Å². The molecule has 0 aromatic rings. The average Bonchev–Trinajstić information content (AvgIpc) is 3.10. The zero-order valence-corrected chi connectivity index (χ0v) is 23.0. The molecule has 0 bridgehead atoms. The van der Waals surface area contributed by atoms with Crippen LogP contribution in [0.3, 0.4) is 0 Å². The zero-order chi connectivity index (χ0) is 21.6. The second-order valence-corrected chi connectivity index (χ2v) is 23.4. The Balaban J connectivity index is 2.62. The van der Waals surface area contributed by atoms with Crippen molar-refractivity contribution in [1.29, 1.82) is 0 Å². The summed E-state index contributed by atoms with van der Waals surface area (Å²) in [4.78, 5) is 0. The summed E-state index contributed by atoms with van der Waals surface area (Å²) >= 11 is 0. The molecule has 0 saturated heterocycles. The van der Waals surface area contributed by atoms with E-state index in [1.165, 1.54) is 6.42 Å². The highest BCUT2D eigenvalue weighted by atomic mass is 28.3. The van der Waals surface area contributed by atoms with Gasteiger partial charge in [0.05, 0.1) is 16.1 Å². The van der Waals surface area contributed by atoms with E-state index in [-0.39, 0.29) is 0 Å². The highest BCUT2D eigenvalue weighted by Crippen LogP contribution is 2.60. The van der Waals surface area contributed by atoms with Crippen LogP contribution in [0.4, 0.5) is 0 Å². The Kier molecular flexibility index (Phi) is 7.19. The molecule has 0 N–H and O–H groups in total. The van der Waals surface area contributed by atoms with Crippen molar-refractivity contribution < 1.29 is 0 Å². The van der Waals surface area contributed by atoms with Crippen LogP contribution in [0.15, 0.2) is 34.6 Å². The molecule has 160 valence electrons. The molecule has 0 fully saturated rings. The van der Waals surface area contributed by atoms with Gasteiger partial charge < -0.3 is 0 Å². The monoisotopic (exact) mass is 416 g/mol. The van der Waals surface area contributed by atoms with Gasteiger partial charge >= 0.3 is 0 Å². The van der Waals surface area contributed by atoms with Crippen LogP contribution in [0.5, 0.6) is 0 Å². The first kappa shape index (κ1) is 23.9. The van der Waals surface area contributed by atoms with Gasteiger partial charge in [-0.25, -0.2) is 0 Å². The van der Waals surface area contributed by atoms with Crippen LogP contribution >= 0.6 is 0 Å². The van der Waals surface area contributed by atoms with Crippen molar-refractivity contribution in [3.63, 3.8) is 0 Å². The minimum absolute atomic E-state index is 0.745. The lowest BCUT2D eigenvalue weighted by Gasteiger charge is -2.48. The van der Waals surface area contributed by atoms with Crippen LogP contribution in [0.1, 0.15) is 89.5 Å². The van der Waals surface area contributed by atoms with Crippen molar-refractivity contribution in [2.24, 2.45) is 0 Å². The van der Waals surface area contributed by atoms with Crippen LogP contribution in [-0.4, -0.2) is 16.1 Å². The van der Waals surface area contributed by atoms with E-state index in [2.05, 4.69) is 101 Å². The summed E-state index contributed by atoms with van der Waals surface area (Å²) in [6.07, 6.45) is 9.18. The first-order valence-electron chi connectivity index (χ1n) is 12.0. The average molecular weight is 417 g/mol. The molecule has 0 heterocycles. The molecule has 1 atom stereocenters. The minimum atomic E-state index is -1.58. The van der Waals surface area contributed by atoms with E-state index in [9.17, 15) is 0 Å². The lowest BCUT2D eigenvalue weighted by Crippen LogP contribution is -2.48. The van der Waals surface area contributed by atoms with Crippen LogP contribution in [0.25, 0.3) is 0 Å². The molecule has 0 amide bonds. The third kappa shape index (κ3) is 3.21. The second kappa shape index (κ2) is 8.42. The Morgan fingerprint density at radius 1 is 0.679 bits per heavy atom. The molecule has 2 rings (SSSR count). The fraction of sp³-hybridized carbons (Fsp3) is 0.769. The Morgan fingerprint density at radius 3 is 1.46 bits per heavy atom. The molecule has 2 aliphatic carbocycles. The van der Waals surface area contributed by atoms with Crippen LogP contribution < -0.4 is 0 Å². The molecule has 0 nitrogen and oxygen atoms in total. The van der Waals surface area contributed by atoms with E-state index >= 15 is 0 Å². The molecule has 1 unspecified atom stereocenters. The quantitative estimate of drug-likeness (QED) is 0.345. The van der Waals surface area contributed by atoms with Gasteiger partial charge in [0.1, 0.15) is 0 Å². The third-order valence-corrected chi connectivity index (χ3v) is 23.6. The topological polar surface area (TPSA) is 0 Å². The molecular formula is C26H48Si2. The first-order valence-corrected chi connectivity index (χ1v) is 16.5. The first-order chi connectivity index (χ1) is 12.9. The van der Waals surface area contributed by atoms with Gasteiger partial charge in [-0.3, -0.25) is 0 Å². The summed E-state index contributed by atoms with van der Waals surface area (Å²) in [5.41, 5.74) is 9.10. The van der Waals surface area contributed by atoms with Crippen molar-refractivity contribution in [3.05, 3.63) is 34.6 Å². The fourth-order valence-corrected chi connectivity index (χ4v) is 22.8. The summed E-state index contributed by atoms with van der Waals surface area (Å²) in [5.74, 6) is 0. The van der Waals surface area contributed by atoms with Gasteiger partial charge in [0.25, 0.3) is 0 Å². The van der Waals surface area contributed by atoms with E-state index in [1.807, 2.05) is 10.8 Å². The summed E-state index contributed by atoms with van der Waals surface area (Å²) in [5, 5.41) is 1.82. The highest BCUT2D eigenvalue weighted by Gasteiger charge is 2.53. The summed E-state index contributed by atoms with van der Waals surface area (Å²) in [6.45, 7) is 30.2. The molecule has 28 heavy (non-hydrogen) atoms. The maximum absolute atomic E-state index is 2.70. The Hall–Kier alpha value is -0.346. The summed E-state index contributed by atoms with van der Waals surface area (Å²) in [6, 6.07) is 0. The smallest absolute Gasteiger partial charge is 0.0805 e. The van der Waals surface area contributed by atoms with Crippen molar-refractivity contribution in [1.82, 2.24) is 0 Å². The van der Waals surface area contributed by atoms with E-state index in [0.717, 1.165) is 38.8 Å². The maximum atomic E-state index is 2.70. The van der Waals surface area contributed by atoms with Gasteiger partial charge in [-0.15, -0.1) is 0 Å². The standard InChI is InChI=1S/C26H48Si2/c1-17(2)27(18(3)4,19(5)6)25-15-13-24-23(25)14-16-26(24)28(20(7)8,21(9)10)22(11)12/h13,15-22,25H,14H2,1-12H3. The molecule has 0 spiro atoms. The van der Waals surface area contributed by atoms with Crippen LogP contribution in [0.2, 0.25) is 38.8 Å².